The number of carbonyl (C=O) groups excluding carboxylic acids is 1. The highest BCUT2D eigenvalue weighted by atomic mass is 35.5. The number of amides is 1. The molecule has 1 aromatic rings. The van der Waals surface area contributed by atoms with E-state index in [0.29, 0.717) is 24.0 Å². The smallest absolute Gasteiger partial charge is 0.227 e. The van der Waals surface area contributed by atoms with E-state index in [2.05, 4.69) is 5.32 Å². The molecule has 5 nitrogen and oxygen atoms in total. The van der Waals surface area contributed by atoms with Gasteiger partial charge >= 0.3 is 0 Å². The summed E-state index contributed by atoms with van der Waals surface area (Å²) in [5.41, 5.74) is 0.822. The fraction of sp³-hybridized carbons (Fsp3) is 0.562. The summed E-state index contributed by atoms with van der Waals surface area (Å²) in [6, 6.07) is 6.11. The summed E-state index contributed by atoms with van der Waals surface area (Å²) >= 11 is 0. The van der Waals surface area contributed by atoms with Gasteiger partial charge in [-0.2, -0.15) is 0 Å². The fourth-order valence-corrected chi connectivity index (χ4v) is 2.78. The van der Waals surface area contributed by atoms with Crippen LogP contribution >= 0.6 is 12.4 Å². The molecule has 1 amide bonds. The number of nitrogens with zero attached hydrogens (tertiary/aromatic N) is 1. The van der Waals surface area contributed by atoms with Crippen LogP contribution in [-0.4, -0.2) is 51.2 Å². The van der Waals surface area contributed by atoms with Crippen molar-refractivity contribution >= 4 is 18.3 Å². The van der Waals surface area contributed by atoms with Crippen LogP contribution in [0.15, 0.2) is 18.2 Å². The predicted octanol–water partition coefficient (Wildman–Crippen LogP) is 1.88. The summed E-state index contributed by atoms with van der Waals surface area (Å²) in [5.74, 6) is 1.54. The molecule has 124 valence electrons. The molecule has 1 aliphatic rings. The van der Waals surface area contributed by atoms with Crippen LogP contribution in [0.4, 0.5) is 0 Å². The van der Waals surface area contributed by atoms with Crippen LogP contribution in [0.25, 0.3) is 0 Å². The number of halogens is 1. The molecule has 1 heterocycles. The number of carbonyl (C=O) groups is 1. The van der Waals surface area contributed by atoms with Gasteiger partial charge in [0.15, 0.2) is 0 Å². The maximum absolute atomic E-state index is 12.5. The Kier molecular flexibility index (Phi) is 7.48. The number of piperidine rings is 1. The molecule has 0 spiro atoms. The number of ether oxygens (including phenoxy) is 2. The maximum atomic E-state index is 12.5. The Labute approximate surface area is 138 Å². The largest absolute Gasteiger partial charge is 0.496 e. The molecule has 1 aromatic carbocycles. The van der Waals surface area contributed by atoms with Gasteiger partial charge in [-0.15, -0.1) is 12.4 Å². The second-order valence-electron chi connectivity index (χ2n) is 5.26. The van der Waals surface area contributed by atoms with Gasteiger partial charge in [-0.3, -0.25) is 4.79 Å². The Morgan fingerprint density at radius 2 is 1.77 bits per heavy atom. The fourth-order valence-electron chi connectivity index (χ4n) is 2.78. The molecule has 0 radical (unpaired) electrons. The minimum atomic E-state index is 0. The molecule has 0 aliphatic carbocycles. The lowest BCUT2D eigenvalue weighted by atomic mass is 10.0. The summed E-state index contributed by atoms with van der Waals surface area (Å²) in [6.07, 6.45) is 2.33. The molecule has 1 saturated heterocycles. The van der Waals surface area contributed by atoms with Crippen LogP contribution in [0.1, 0.15) is 18.4 Å². The van der Waals surface area contributed by atoms with Gasteiger partial charge in [0.1, 0.15) is 11.5 Å². The van der Waals surface area contributed by atoms with Crippen molar-refractivity contribution in [3.8, 4) is 11.5 Å². The number of hydrogen-bond acceptors (Lipinski definition) is 4. The quantitative estimate of drug-likeness (QED) is 0.896. The van der Waals surface area contributed by atoms with Crippen LogP contribution in [0.5, 0.6) is 11.5 Å². The van der Waals surface area contributed by atoms with Crippen molar-refractivity contribution < 1.29 is 14.3 Å². The molecule has 0 atom stereocenters. The summed E-state index contributed by atoms with van der Waals surface area (Å²) in [6.45, 7) is 1.61. The van der Waals surface area contributed by atoms with Gasteiger partial charge in [0.25, 0.3) is 0 Å². The molecule has 0 bridgehead atoms. The highest BCUT2D eigenvalue weighted by molar-refractivity contribution is 5.85. The second kappa shape index (κ2) is 8.86. The lowest BCUT2D eigenvalue weighted by Crippen LogP contribution is -2.44. The first-order chi connectivity index (χ1) is 10.2. The molecule has 6 heteroatoms. The van der Waals surface area contributed by atoms with E-state index >= 15 is 0 Å². The Bertz CT molecular complexity index is 466. The minimum absolute atomic E-state index is 0. The topological polar surface area (TPSA) is 50.8 Å². The molecule has 22 heavy (non-hydrogen) atoms. The summed E-state index contributed by atoms with van der Waals surface area (Å²) in [7, 11) is 5.20. The van der Waals surface area contributed by atoms with E-state index in [1.807, 2.05) is 30.1 Å². The van der Waals surface area contributed by atoms with E-state index in [-0.39, 0.29) is 18.3 Å². The Balaban J connectivity index is 0.00000242. The highest BCUT2D eigenvalue weighted by Gasteiger charge is 2.23. The average molecular weight is 329 g/mol. The van der Waals surface area contributed by atoms with Crippen molar-refractivity contribution in [1.29, 1.82) is 0 Å². The van der Waals surface area contributed by atoms with E-state index in [0.717, 1.165) is 31.5 Å². The monoisotopic (exact) mass is 328 g/mol. The zero-order valence-corrected chi connectivity index (χ0v) is 14.2. The molecular formula is C16H25ClN2O3. The van der Waals surface area contributed by atoms with Crippen LogP contribution in [0.3, 0.4) is 0 Å². The van der Waals surface area contributed by atoms with Gasteiger partial charge in [0.05, 0.1) is 20.6 Å². The van der Waals surface area contributed by atoms with Gasteiger partial charge in [0, 0.05) is 24.7 Å². The molecule has 1 aliphatic heterocycles. The highest BCUT2D eigenvalue weighted by Crippen LogP contribution is 2.29. The summed E-state index contributed by atoms with van der Waals surface area (Å²) < 4.78 is 10.7. The van der Waals surface area contributed by atoms with Crippen LogP contribution in [-0.2, 0) is 11.2 Å². The van der Waals surface area contributed by atoms with Gasteiger partial charge in [0.2, 0.25) is 5.91 Å². The van der Waals surface area contributed by atoms with E-state index in [4.69, 9.17) is 9.47 Å². The van der Waals surface area contributed by atoms with E-state index < -0.39 is 0 Å². The maximum Gasteiger partial charge on any atom is 0.227 e. The number of methoxy groups -OCH3 is 2. The van der Waals surface area contributed by atoms with E-state index in [1.54, 1.807) is 14.2 Å². The molecule has 2 rings (SSSR count). The first kappa shape index (κ1) is 18.6. The lowest BCUT2D eigenvalue weighted by Gasteiger charge is -2.32. The van der Waals surface area contributed by atoms with Crippen LogP contribution in [0.2, 0.25) is 0 Å². The first-order valence-corrected chi connectivity index (χ1v) is 7.34. The van der Waals surface area contributed by atoms with E-state index in [9.17, 15) is 4.79 Å². The van der Waals surface area contributed by atoms with Crippen molar-refractivity contribution in [2.24, 2.45) is 0 Å². The normalized spacial score (nSPS) is 15.1. The van der Waals surface area contributed by atoms with Gasteiger partial charge < -0.3 is 19.7 Å². The van der Waals surface area contributed by atoms with E-state index in [1.165, 1.54) is 0 Å². The van der Waals surface area contributed by atoms with Gasteiger partial charge in [-0.25, -0.2) is 0 Å². The van der Waals surface area contributed by atoms with Crippen molar-refractivity contribution in [3.63, 3.8) is 0 Å². The molecule has 1 fully saturated rings. The third-order valence-corrected chi connectivity index (χ3v) is 4.11. The second-order valence-corrected chi connectivity index (χ2v) is 5.26. The first-order valence-electron chi connectivity index (χ1n) is 7.34. The third-order valence-electron chi connectivity index (χ3n) is 4.11. The third kappa shape index (κ3) is 4.27. The van der Waals surface area contributed by atoms with Gasteiger partial charge in [-0.1, -0.05) is 6.07 Å². The molecule has 1 N–H and O–H groups in total. The van der Waals surface area contributed by atoms with Crippen LogP contribution in [0, 0.1) is 0 Å². The number of hydrogen-bond donors (Lipinski definition) is 1. The van der Waals surface area contributed by atoms with Crippen molar-refractivity contribution in [2.45, 2.75) is 25.3 Å². The number of nitrogens with one attached hydrogen (secondary N) is 1. The summed E-state index contributed by atoms with van der Waals surface area (Å²) in [4.78, 5) is 14.4. The number of likely N-dealkylation sites (tertiary alicyclic amines) is 1. The van der Waals surface area contributed by atoms with Crippen molar-refractivity contribution in [3.05, 3.63) is 23.8 Å². The summed E-state index contributed by atoms with van der Waals surface area (Å²) in [5, 5.41) is 3.27. The molecule has 0 saturated carbocycles. The van der Waals surface area contributed by atoms with Crippen molar-refractivity contribution in [2.75, 3.05) is 34.4 Å². The molecule has 0 unspecified atom stereocenters. The molecule has 0 aromatic heterocycles. The number of rotatable bonds is 5. The lowest BCUT2D eigenvalue weighted by molar-refractivity contribution is -0.131. The zero-order valence-electron chi connectivity index (χ0n) is 13.4. The van der Waals surface area contributed by atoms with Gasteiger partial charge in [-0.05, 0) is 32.0 Å². The van der Waals surface area contributed by atoms with Crippen LogP contribution < -0.4 is 14.8 Å². The average Bonchev–Trinajstić information content (AvgIpc) is 2.55. The standard InChI is InChI=1S/C16H24N2O3.ClH/c1-17-12-7-9-18(10-8-12)16(19)11-13-14(20-2)5-4-6-15(13)21-3;/h4-6,12,17H,7-11H2,1-3H3;1H. The van der Waals surface area contributed by atoms with Crippen molar-refractivity contribution in [1.82, 2.24) is 10.2 Å². The number of benzene rings is 1. The zero-order chi connectivity index (χ0) is 15.2. The Morgan fingerprint density at radius 1 is 1.23 bits per heavy atom. The molecular weight excluding hydrogens is 304 g/mol. The Hall–Kier alpha value is -1.46. The SMILES string of the molecule is CNC1CCN(C(=O)Cc2c(OC)cccc2OC)CC1.Cl. The Morgan fingerprint density at radius 3 is 2.23 bits per heavy atom. The predicted molar refractivity (Wildman–Crippen MR) is 89.2 cm³/mol. The minimum Gasteiger partial charge on any atom is -0.496 e.